The van der Waals surface area contributed by atoms with Crippen LogP contribution in [0.15, 0.2) is 35.3 Å². The minimum Gasteiger partial charge on any atom is -0.351 e. The first-order valence-electron chi connectivity index (χ1n) is 16.2. The van der Waals surface area contributed by atoms with Crippen molar-refractivity contribution in [1.82, 2.24) is 20.5 Å². The van der Waals surface area contributed by atoms with E-state index in [1.54, 1.807) is 18.3 Å². The molecule has 1 aromatic carbocycles. The number of carbonyl (C=O) groups is 3. The molecule has 4 rings (SSSR count). The van der Waals surface area contributed by atoms with Crippen molar-refractivity contribution in [2.45, 2.75) is 96.9 Å². The predicted molar refractivity (Wildman–Crippen MR) is 176 cm³/mol. The third-order valence-corrected chi connectivity index (χ3v) is 9.81. The zero-order valence-corrected chi connectivity index (χ0v) is 27.0. The van der Waals surface area contributed by atoms with E-state index in [9.17, 15) is 14.4 Å². The van der Waals surface area contributed by atoms with Crippen LogP contribution in [-0.4, -0.2) is 66.0 Å². The second-order valence-electron chi connectivity index (χ2n) is 12.5. The highest BCUT2D eigenvalue weighted by Crippen LogP contribution is 2.29. The fourth-order valence-electron chi connectivity index (χ4n) is 6.05. The van der Waals surface area contributed by atoms with E-state index in [1.807, 2.05) is 6.07 Å². The minimum absolute atomic E-state index is 0.150. The van der Waals surface area contributed by atoms with E-state index in [1.165, 1.54) is 24.6 Å². The van der Waals surface area contributed by atoms with Gasteiger partial charge in [0.25, 0.3) is 0 Å². The van der Waals surface area contributed by atoms with Crippen molar-refractivity contribution < 1.29 is 14.4 Å². The summed E-state index contributed by atoms with van der Waals surface area (Å²) in [6.45, 7) is 13.1. The number of nitrogens with zero attached hydrogens (tertiary/aromatic N) is 3. The molecule has 234 valence electrons. The summed E-state index contributed by atoms with van der Waals surface area (Å²) in [5.41, 5.74) is 2.73. The minimum atomic E-state index is -0.642. The molecule has 1 unspecified atom stereocenters. The topological polar surface area (TPSA) is 104 Å². The largest absolute Gasteiger partial charge is 0.351 e. The lowest BCUT2D eigenvalue weighted by Crippen LogP contribution is -2.51. The van der Waals surface area contributed by atoms with Crippen LogP contribution in [0.2, 0.25) is 0 Å². The summed E-state index contributed by atoms with van der Waals surface area (Å²) >= 11 is 1.58. The molecule has 3 amide bonds. The number of hydrogen-bond acceptors (Lipinski definition) is 6. The molecule has 8 nitrogen and oxygen atoms in total. The Kier molecular flexibility index (Phi) is 12.5. The normalized spacial score (nSPS) is 18.1. The Hall–Kier alpha value is -2.91. The van der Waals surface area contributed by atoms with Crippen LogP contribution in [0.4, 0.5) is 0 Å². The molecule has 1 aromatic heterocycles. The van der Waals surface area contributed by atoms with Crippen molar-refractivity contribution >= 4 is 45.5 Å². The Balaban J connectivity index is 1.46. The van der Waals surface area contributed by atoms with Crippen LogP contribution in [0.5, 0.6) is 0 Å². The number of benzene rings is 1. The number of hydrogen-bond donors (Lipinski definition) is 2. The summed E-state index contributed by atoms with van der Waals surface area (Å²) in [6.07, 6.45) is 11.2. The molecule has 0 radical (unpaired) electrons. The van der Waals surface area contributed by atoms with E-state index >= 15 is 0 Å². The van der Waals surface area contributed by atoms with E-state index < -0.39 is 5.92 Å². The standard InChI is InChI=1S/C34H49N5O3S/c1-5-31(40)35-20-27(19-32-37-28-15-14-26(23(2)3)18-30(28)43-32)34(42)38-29(25-12-8-6-9-13-25)21-36-33(41)24(4)22-39-16-10-7-11-17-39/h14-15,18,20,23,25,27,29H,4-13,16-17,19,21-22H2,1-3H3,(H,36,41)(H,38,42)/b35-20+/t27?,29-/m1/s1. The van der Waals surface area contributed by atoms with Crippen molar-refractivity contribution in [1.29, 1.82) is 0 Å². The monoisotopic (exact) mass is 607 g/mol. The second-order valence-corrected chi connectivity index (χ2v) is 13.6. The van der Waals surface area contributed by atoms with Crippen LogP contribution in [0.1, 0.15) is 95.0 Å². The van der Waals surface area contributed by atoms with Gasteiger partial charge in [-0.05, 0) is 68.3 Å². The Morgan fingerprint density at radius 3 is 2.53 bits per heavy atom. The van der Waals surface area contributed by atoms with Gasteiger partial charge in [-0.15, -0.1) is 11.3 Å². The Bertz CT molecular complexity index is 1290. The van der Waals surface area contributed by atoms with Crippen molar-refractivity contribution in [3.05, 3.63) is 40.9 Å². The van der Waals surface area contributed by atoms with Crippen LogP contribution in [0.3, 0.4) is 0 Å². The van der Waals surface area contributed by atoms with Gasteiger partial charge in [0, 0.05) is 43.8 Å². The summed E-state index contributed by atoms with van der Waals surface area (Å²) in [4.78, 5) is 50.1. The lowest BCUT2D eigenvalue weighted by Gasteiger charge is -2.32. The number of aromatic nitrogens is 1. The van der Waals surface area contributed by atoms with Crippen LogP contribution in [0.25, 0.3) is 10.2 Å². The van der Waals surface area contributed by atoms with Gasteiger partial charge in [-0.25, -0.2) is 9.98 Å². The van der Waals surface area contributed by atoms with E-state index in [0.717, 1.165) is 66.8 Å². The van der Waals surface area contributed by atoms with Gasteiger partial charge in [0.15, 0.2) is 0 Å². The summed E-state index contributed by atoms with van der Waals surface area (Å²) in [5, 5.41) is 7.18. The zero-order chi connectivity index (χ0) is 30.8. The molecule has 0 spiro atoms. The average Bonchev–Trinajstić information content (AvgIpc) is 3.43. The van der Waals surface area contributed by atoms with Crippen LogP contribution < -0.4 is 10.6 Å². The number of thiazole rings is 1. The predicted octanol–water partition coefficient (Wildman–Crippen LogP) is 5.81. The molecule has 43 heavy (non-hydrogen) atoms. The third kappa shape index (κ3) is 9.80. The molecule has 1 saturated heterocycles. The van der Waals surface area contributed by atoms with Gasteiger partial charge in [0.05, 0.1) is 21.1 Å². The molecule has 1 aliphatic carbocycles. The van der Waals surface area contributed by atoms with Crippen LogP contribution in [-0.2, 0) is 20.8 Å². The molecule has 2 heterocycles. The maximum atomic E-state index is 13.8. The maximum Gasteiger partial charge on any atom is 0.247 e. The van der Waals surface area contributed by atoms with Gasteiger partial charge in [-0.3, -0.25) is 19.3 Å². The molecule has 2 N–H and O–H groups in total. The lowest BCUT2D eigenvalue weighted by molar-refractivity contribution is -0.124. The first-order valence-corrected chi connectivity index (χ1v) is 17.0. The molecular formula is C34H49N5O3S. The summed E-state index contributed by atoms with van der Waals surface area (Å²) in [7, 11) is 0. The van der Waals surface area contributed by atoms with Gasteiger partial charge in [0.2, 0.25) is 17.7 Å². The molecule has 2 aromatic rings. The quantitative estimate of drug-likeness (QED) is 0.221. The number of likely N-dealkylation sites (tertiary alicyclic amines) is 1. The summed E-state index contributed by atoms with van der Waals surface area (Å²) in [6, 6.07) is 6.11. The molecule has 1 aliphatic heterocycles. The number of aliphatic imine (C=N–C) groups is 1. The van der Waals surface area contributed by atoms with Gasteiger partial charge in [0.1, 0.15) is 0 Å². The number of fused-ring (bicyclic) bond motifs is 1. The first kappa shape index (κ1) is 33.0. The average molecular weight is 608 g/mol. The first-order chi connectivity index (χ1) is 20.7. The van der Waals surface area contributed by atoms with Gasteiger partial charge in [-0.2, -0.15) is 0 Å². The van der Waals surface area contributed by atoms with Crippen molar-refractivity contribution in [3.8, 4) is 0 Å². The highest BCUT2D eigenvalue weighted by Gasteiger charge is 2.29. The second kappa shape index (κ2) is 16.2. The molecule has 2 aliphatic rings. The van der Waals surface area contributed by atoms with Crippen molar-refractivity contribution in [2.24, 2.45) is 16.8 Å². The number of carbonyl (C=O) groups excluding carboxylic acids is 3. The number of rotatable bonds is 13. The Morgan fingerprint density at radius 1 is 1.12 bits per heavy atom. The fourth-order valence-corrected chi connectivity index (χ4v) is 7.12. The highest BCUT2D eigenvalue weighted by atomic mass is 32.1. The molecule has 2 fully saturated rings. The van der Waals surface area contributed by atoms with E-state index in [-0.39, 0.29) is 36.1 Å². The van der Waals surface area contributed by atoms with Crippen molar-refractivity contribution in [2.75, 3.05) is 26.2 Å². The van der Waals surface area contributed by atoms with Gasteiger partial charge >= 0.3 is 0 Å². The maximum absolute atomic E-state index is 13.8. The molecule has 1 saturated carbocycles. The third-order valence-electron chi connectivity index (χ3n) is 8.77. The zero-order valence-electron chi connectivity index (χ0n) is 26.2. The summed E-state index contributed by atoms with van der Waals surface area (Å²) in [5.74, 6) is -0.544. The van der Waals surface area contributed by atoms with Crippen molar-refractivity contribution in [3.63, 3.8) is 0 Å². The Labute approximate surface area is 260 Å². The SMILES string of the molecule is C=C(CN1CCCCC1)C(=O)NC[C@@H](NC(=O)C(/C=N/C(=O)CC)Cc1nc2ccc(C(C)C)cc2s1)C1CCCCC1. The molecule has 9 heteroatoms. The van der Waals surface area contributed by atoms with Gasteiger partial charge in [-0.1, -0.05) is 59.1 Å². The van der Waals surface area contributed by atoms with Gasteiger partial charge < -0.3 is 10.6 Å². The van der Waals surface area contributed by atoms with E-state index in [2.05, 4.69) is 53.1 Å². The number of piperidine rings is 1. The van der Waals surface area contributed by atoms with Crippen LogP contribution in [0, 0.1) is 11.8 Å². The van der Waals surface area contributed by atoms with Crippen LogP contribution >= 0.6 is 11.3 Å². The van der Waals surface area contributed by atoms with E-state index in [0.29, 0.717) is 31.0 Å². The summed E-state index contributed by atoms with van der Waals surface area (Å²) < 4.78 is 1.09. The Morgan fingerprint density at radius 2 is 1.84 bits per heavy atom. The van der Waals surface area contributed by atoms with E-state index in [4.69, 9.17) is 4.98 Å². The number of amides is 3. The fraction of sp³-hybridized carbons (Fsp3) is 0.618. The smallest absolute Gasteiger partial charge is 0.247 e. The molecule has 0 bridgehead atoms. The highest BCUT2D eigenvalue weighted by molar-refractivity contribution is 7.18. The molecule has 2 atom stereocenters. The lowest BCUT2D eigenvalue weighted by atomic mass is 9.83. The number of nitrogens with one attached hydrogen (secondary N) is 2. The molecular weight excluding hydrogens is 558 g/mol.